The van der Waals surface area contributed by atoms with Gasteiger partial charge in [0, 0.05) is 18.7 Å². The highest BCUT2D eigenvalue weighted by molar-refractivity contribution is 5.94. The number of benzene rings is 1. The molecule has 1 rings (SSSR count). The predicted molar refractivity (Wildman–Crippen MR) is 80.6 cm³/mol. The highest BCUT2D eigenvalue weighted by atomic mass is 16.5. The molecule has 0 aliphatic carbocycles. The molecule has 0 aliphatic rings. The molecule has 0 radical (unpaired) electrons. The van der Waals surface area contributed by atoms with Crippen LogP contribution < -0.4 is 4.74 Å². The van der Waals surface area contributed by atoms with E-state index in [-0.39, 0.29) is 18.6 Å². The number of rotatable bonds is 7. The van der Waals surface area contributed by atoms with Gasteiger partial charge in [-0.15, -0.1) is 0 Å². The average molecular weight is 293 g/mol. The van der Waals surface area contributed by atoms with Crippen LogP contribution in [0.2, 0.25) is 0 Å². The van der Waals surface area contributed by atoms with Gasteiger partial charge in [0.15, 0.2) is 0 Å². The average Bonchev–Trinajstić information content (AvgIpc) is 2.43. The summed E-state index contributed by atoms with van der Waals surface area (Å²) in [6, 6.07) is 6.96. The Labute approximate surface area is 125 Å². The normalized spacial score (nSPS) is 12.0. The number of carboxylic acids is 1. The molecule has 0 saturated carbocycles. The minimum atomic E-state index is -0.904. The number of carbonyl (C=O) groups is 2. The maximum Gasteiger partial charge on any atom is 0.308 e. The van der Waals surface area contributed by atoms with E-state index >= 15 is 0 Å². The Hall–Kier alpha value is -2.04. The predicted octanol–water partition coefficient (Wildman–Crippen LogP) is 2.66. The molecule has 0 fully saturated rings. The minimum Gasteiger partial charge on any atom is -0.491 e. The molecule has 1 atom stereocenters. The van der Waals surface area contributed by atoms with E-state index in [0.29, 0.717) is 17.9 Å². The zero-order valence-corrected chi connectivity index (χ0v) is 13.0. The summed E-state index contributed by atoms with van der Waals surface area (Å²) in [4.78, 5) is 24.9. The van der Waals surface area contributed by atoms with Crippen molar-refractivity contribution in [2.24, 2.45) is 5.92 Å². The molecule has 0 bridgehead atoms. The van der Waals surface area contributed by atoms with Crippen LogP contribution in [-0.2, 0) is 4.79 Å². The third-order valence-electron chi connectivity index (χ3n) is 3.04. The fraction of sp³-hybridized carbons (Fsp3) is 0.500. The zero-order valence-electron chi connectivity index (χ0n) is 13.0. The summed E-state index contributed by atoms with van der Waals surface area (Å²) in [5.74, 6) is -1.04. The third-order valence-corrected chi connectivity index (χ3v) is 3.04. The van der Waals surface area contributed by atoms with Crippen LogP contribution in [-0.4, -0.2) is 41.1 Å². The summed E-state index contributed by atoms with van der Waals surface area (Å²) in [5, 5.41) is 8.96. The number of carbonyl (C=O) groups excluding carboxylic acids is 1. The van der Waals surface area contributed by atoms with Crippen LogP contribution in [0.15, 0.2) is 24.3 Å². The lowest BCUT2D eigenvalue weighted by Crippen LogP contribution is -2.36. The Bertz CT molecular complexity index is 499. The van der Waals surface area contributed by atoms with Gasteiger partial charge < -0.3 is 14.7 Å². The van der Waals surface area contributed by atoms with Crippen LogP contribution in [0.4, 0.5) is 0 Å². The van der Waals surface area contributed by atoms with E-state index in [0.717, 1.165) is 0 Å². The lowest BCUT2D eigenvalue weighted by molar-refractivity contribution is -0.141. The van der Waals surface area contributed by atoms with Crippen molar-refractivity contribution in [3.63, 3.8) is 0 Å². The number of ether oxygens (including phenoxy) is 1. The van der Waals surface area contributed by atoms with E-state index in [1.165, 1.54) is 4.90 Å². The second-order valence-corrected chi connectivity index (χ2v) is 5.28. The summed E-state index contributed by atoms with van der Waals surface area (Å²) in [7, 11) is 0. The van der Waals surface area contributed by atoms with E-state index in [9.17, 15) is 9.59 Å². The molecule has 0 saturated heterocycles. The standard InChI is InChI=1S/C16H23NO4/c1-5-17(10-12(4)16(19)20)15(18)13-7-6-8-14(9-13)21-11(2)3/h6-9,11-12H,5,10H2,1-4H3,(H,19,20). The van der Waals surface area contributed by atoms with Gasteiger partial charge in [0.1, 0.15) is 5.75 Å². The van der Waals surface area contributed by atoms with Gasteiger partial charge in [0.2, 0.25) is 0 Å². The van der Waals surface area contributed by atoms with Crippen molar-refractivity contribution in [2.45, 2.75) is 33.8 Å². The lowest BCUT2D eigenvalue weighted by Gasteiger charge is -2.23. The van der Waals surface area contributed by atoms with Crippen molar-refractivity contribution >= 4 is 11.9 Å². The molecule has 0 heterocycles. The molecule has 5 heteroatoms. The molecule has 1 N–H and O–H groups in total. The highest BCUT2D eigenvalue weighted by Gasteiger charge is 2.20. The molecule has 1 aromatic carbocycles. The molecule has 1 amide bonds. The van der Waals surface area contributed by atoms with E-state index in [1.54, 1.807) is 31.2 Å². The van der Waals surface area contributed by atoms with E-state index < -0.39 is 11.9 Å². The van der Waals surface area contributed by atoms with E-state index in [4.69, 9.17) is 9.84 Å². The smallest absolute Gasteiger partial charge is 0.308 e. The summed E-state index contributed by atoms with van der Waals surface area (Å²) in [5.41, 5.74) is 0.507. The van der Waals surface area contributed by atoms with Crippen LogP contribution in [0.1, 0.15) is 38.1 Å². The number of nitrogens with zero attached hydrogens (tertiary/aromatic N) is 1. The monoisotopic (exact) mass is 293 g/mol. The van der Waals surface area contributed by atoms with Gasteiger partial charge in [0.25, 0.3) is 5.91 Å². The number of hydrogen-bond donors (Lipinski definition) is 1. The molecule has 5 nitrogen and oxygen atoms in total. The Morgan fingerprint density at radius 1 is 1.29 bits per heavy atom. The zero-order chi connectivity index (χ0) is 16.0. The maximum absolute atomic E-state index is 12.4. The van der Waals surface area contributed by atoms with Crippen molar-refractivity contribution in [1.82, 2.24) is 4.90 Å². The Morgan fingerprint density at radius 3 is 2.48 bits per heavy atom. The minimum absolute atomic E-state index is 0.0321. The molecule has 116 valence electrons. The second kappa shape index (κ2) is 7.67. The largest absolute Gasteiger partial charge is 0.491 e. The first-order valence-corrected chi connectivity index (χ1v) is 7.14. The van der Waals surface area contributed by atoms with Crippen molar-refractivity contribution in [2.75, 3.05) is 13.1 Å². The fourth-order valence-electron chi connectivity index (χ4n) is 1.92. The summed E-state index contributed by atoms with van der Waals surface area (Å²) < 4.78 is 5.57. The van der Waals surface area contributed by atoms with E-state index in [1.807, 2.05) is 20.8 Å². The Balaban J connectivity index is 2.87. The van der Waals surface area contributed by atoms with Gasteiger partial charge in [-0.2, -0.15) is 0 Å². The molecule has 21 heavy (non-hydrogen) atoms. The van der Waals surface area contributed by atoms with Gasteiger partial charge in [-0.25, -0.2) is 0 Å². The highest BCUT2D eigenvalue weighted by Crippen LogP contribution is 2.17. The summed E-state index contributed by atoms with van der Waals surface area (Å²) in [6.45, 7) is 7.92. The van der Waals surface area contributed by atoms with Crippen molar-refractivity contribution in [1.29, 1.82) is 0 Å². The van der Waals surface area contributed by atoms with Gasteiger partial charge in [-0.05, 0) is 39.0 Å². The first kappa shape index (κ1) is 17.0. The second-order valence-electron chi connectivity index (χ2n) is 5.28. The number of hydrogen-bond acceptors (Lipinski definition) is 3. The number of amides is 1. The Morgan fingerprint density at radius 2 is 1.95 bits per heavy atom. The van der Waals surface area contributed by atoms with Gasteiger partial charge >= 0.3 is 5.97 Å². The van der Waals surface area contributed by atoms with Gasteiger partial charge in [-0.3, -0.25) is 9.59 Å². The van der Waals surface area contributed by atoms with Crippen molar-refractivity contribution in [3.05, 3.63) is 29.8 Å². The molecule has 1 aromatic rings. The molecule has 1 unspecified atom stereocenters. The third kappa shape index (κ3) is 5.10. The molecular formula is C16H23NO4. The molecule has 0 aliphatic heterocycles. The SMILES string of the molecule is CCN(CC(C)C(=O)O)C(=O)c1cccc(OC(C)C)c1. The van der Waals surface area contributed by atoms with Crippen LogP contribution >= 0.6 is 0 Å². The van der Waals surface area contributed by atoms with Crippen molar-refractivity contribution < 1.29 is 19.4 Å². The number of aliphatic carboxylic acids is 1. The molecule has 0 spiro atoms. The lowest BCUT2D eigenvalue weighted by atomic mass is 10.1. The maximum atomic E-state index is 12.4. The topological polar surface area (TPSA) is 66.8 Å². The first-order valence-electron chi connectivity index (χ1n) is 7.14. The van der Waals surface area contributed by atoms with Crippen LogP contribution in [0.25, 0.3) is 0 Å². The summed E-state index contributed by atoms with van der Waals surface area (Å²) >= 11 is 0. The van der Waals surface area contributed by atoms with Crippen LogP contribution in [0.5, 0.6) is 5.75 Å². The fourth-order valence-corrected chi connectivity index (χ4v) is 1.92. The van der Waals surface area contributed by atoms with Gasteiger partial charge in [0.05, 0.1) is 12.0 Å². The molecular weight excluding hydrogens is 270 g/mol. The molecule has 0 aromatic heterocycles. The quantitative estimate of drug-likeness (QED) is 0.839. The van der Waals surface area contributed by atoms with Crippen molar-refractivity contribution in [3.8, 4) is 5.75 Å². The number of carboxylic acid groups (broad SMARTS) is 1. The van der Waals surface area contributed by atoms with E-state index in [2.05, 4.69) is 0 Å². The van der Waals surface area contributed by atoms with Crippen LogP contribution in [0, 0.1) is 5.92 Å². The summed E-state index contributed by atoms with van der Waals surface area (Å²) in [6.07, 6.45) is 0.0321. The van der Waals surface area contributed by atoms with Crippen LogP contribution in [0.3, 0.4) is 0 Å². The van der Waals surface area contributed by atoms with Gasteiger partial charge in [-0.1, -0.05) is 13.0 Å². The first-order chi connectivity index (χ1) is 9.85. The Kier molecular flexibility index (Phi) is 6.21.